The van der Waals surface area contributed by atoms with E-state index in [-0.39, 0.29) is 42.2 Å². The average Bonchev–Trinajstić information content (AvgIpc) is 2.68. The van der Waals surface area contributed by atoms with Gasteiger partial charge in [-0.25, -0.2) is 0 Å². The minimum atomic E-state index is 0. The molecule has 20 heavy (non-hydrogen) atoms. The maximum Gasteiger partial charge on any atom is 3.00 e. The zero-order chi connectivity index (χ0) is 11.8. The van der Waals surface area contributed by atoms with Gasteiger partial charge in [-0.15, -0.1) is 29.3 Å². The molecule has 0 unspecified atom stereocenters. The zero-order valence-electron chi connectivity index (χ0n) is 11.2. The number of hydrogen-bond acceptors (Lipinski definition) is 1. The van der Waals surface area contributed by atoms with E-state index in [1.54, 1.807) is 0 Å². The van der Waals surface area contributed by atoms with Gasteiger partial charge in [-0.3, -0.25) is 4.98 Å². The fourth-order valence-electron chi connectivity index (χ4n) is 2.41. The van der Waals surface area contributed by atoms with Gasteiger partial charge in [-0.2, -0.15) is 0 Å². The van der Waals surface area contributed by atoms with Crippen molar-refractivity contribution in [2.24, 2.45) is 0 Å². The van der Waals surface area contributed by atoms with Crippen molar-refractivity contribution >= 4 is 10.9 Å². The molecule has 4 heteroatoms. The van der Waals surface area contributed by atoms with Gasteiger partial charge in [0.2, 0.25) is 0 Å². The van der Waals surface area contributed by atoms with Crippen molar-refractivity contribution < 1.29 is 42.2 Å². The van der Waals surface area contributed by atoms with Crippen molar-refractivity contribution in [3.05, 3.63) is 59.8 Å². The van der Waals surface area contributed by atoms with Crippen molar-refractivity contribution in [2.75, 3.05) is 0 Å². The molecule has 2 aromatic carbocycles. The van der Waals surface area contributed by atoms with Gasteiger partial charge in [0.15, 0.2) is 0 Å². The van der Waals surface area contributed by atoms with Crippen LogP contribution in [0, 0.1) is 13.8 Å². The van der Waals surface area contributed by atoms with E-state index >= 15 is 0 Å². The summed E-state index contributed by atoms with van der Waals surface area (Å²) in [5.74, 6) is 0. The Morgan fingerprint density at radius 2 is 1.70 bits per heavy atom. The van der Waals surface area contributed by atoms with Gasteiger partial charge in [0.1, 0.15) is 0 Å². The average molecular weight is 343 g/mol. The number of halogens is 2. The maximum absolute atomic E-state index is 4.51. The monoisotopic (exact) mass is 342 g/mol. The van der Waals surface area contributed by atoms with Crippen molar-refractivity contribution in [1.82, 2.24) is 4.98 Å². The summed E-state index contributed by atoms with van der Waals surface area (Å²) in [7, 11) is 0. The fourth-order valence-corrected chi connectivity index (χ4v) is 2.41. The van der Waals surface area contributed by atoms with Gasteiger partial charge in [0, 0.05) is 11.7 Å². The molecule has 1 heterocycles. The number of fused-ring (bicyclic) bond motifs is 1. The molecule has 0 saturated heterocycles. The third-order valence-electron chi connectivity index (χ3n) is 3.16. The van der Waals surface area contributed by atoms with Crippen molar-refractivity contribution in [3.63, 3.8) is 0 Å². The van der Waals surface area contributed by atoms with Crippen LogP contribution < -0.4 is 24.8 Å². The second-order valence-electron chi connectivity index (χ2n) is 4.51. The van der Waals surface area contributed by atoms with Crippen LogP contribution in [-0.4, -0.2) is 4.98 Å². The Hall–Kier alpha value is -0.908. The summed E-state index contributed by atoms with van der Waals surface area (Å²) >= 11 is 0. The Labute approximate surface area is 142 Å². The molecule has 0 aliphatic carbocycles. The molecule has 1 radical (unpaired) electrons. The molecule has 0 atom stereocenters. The van der Waals surface area contributed by atoms with E-state index in [0.29, 0.717) is 0 Å². The van der Waals surface area contributed by atoms with E-state index < -0.39 is 0 Å². The van der Waals surface area contributed by atoms with E-state index in [9.17, 15) is 0 Å². The number of para-hydroxylation sites is 1. The number of aromatic nitrogens is 1. The Morgan fingerprint density at radius 1 is 1.00 bits per heavy atom. The topological polar surface area (TPSA) is 12.9 Å². The summed E-state index contributed by atoms with van der Waals surface area (Å²) < 4.78 is 0. The molecule has 0 saturated carbocycles. The summed E-state index contributed by atoms with van der Waals surface area (Å²) in [4.78, 5) is 4.51. The van der Waals surface area contributed by atoms with Gasteiger partial charge in [-0.1, -0.05) is 43.2 Å². The first kappa shape index (κ1) is 19.1. The van der Waals surface area contributed by atoms with Gasteiger partial charge >= 0.3 is 17.4 Å². The van der Waals surface area contributed by atoms with Gasteiger partial charge < -0.3 is 24.8 Å². The molecule has 1 aromatic heterocycles. The number of nitrogens with zero attached hydrogens (tertiary/aromatic N) is 1. The van der Waals surface area contributed by atoms with E-state index in [1.807, 2.05) is 12.3 Å². The molecule has 103 valence electrons. The Morgan fingerprint density at radius 3 is 2.35 bits per heavy atom. The third-order valence-corrected chi connectivity index (χ3v) is 3.16. The first-order valence-corrected chi connectivity index (χ1v) is 5.84. The molecule has 3 aromatic rings. The van der Waals surface area contributed by atoms with Gasteiger partial charge in [-0.05, 0) is 11.5 Å². The first-order chi connectivity index (χ1) is 8.25. The molecule has 0 amide bonds. The predicted octanol–water partition coefficient (Wildman–Crippen LogP) is -1.76. The summed E-state index contributed by atoms with van der Waals surface area (Å²) in [5.41, 5.74) is 6.25. The van der Waals surface area contributed by atoms with Crippen LogP contribution >= 0.6 is 0 Å². The van der Waals surface area contributed by atoms with E-state index in [0.717, 1.165) is 5.52 Å². The molecule has 0 aliphatic heterocycles. The second-order valence-corrected chi connectivity index (χ2v) is 4.51. The van der Waals surface area contributed by atoms with Gasteiger partial charge in [0.05, 0.1) is 0 Å². The Balaban J connectivity index is 0.00000120. The van der Waals surface area contributed by atoms with Gasteiger partial charge in [0.25, 0.3) is 0 Å². The number of pyridine rings is 1. The molecular weight excluding hydrogens is 329 g/mol. The summed E-state index contributed by atoms with van der Waals surface area (Å²) in [5, 5.41) is 1.20. The van der Waals surface area contributed by atoms with Crippen LogP contribution in [0.4, 0.5) is 0 Å². The van der Waals surface area contributed by atoms with Crippen LogP contribution in [-0.2, 0) is 17.4 Å². The zero-order valence-corrected chi connectivity index (χ0v) is 14.0. The number of aryl methyl sites for hydroxylation is 2. The maximum atomic E-state index is 4.51. The fraction of sp³-hybridized carbons (Fsp3) is 0.125. The number of rotatable bonds is 1. The smallest absolute Gasteiger partial charge is 1.00 e. The van der Waals surface area contributed by atoms with Crippen LogP contribution in [0.3, 0.4) is 0 Å². The summed E-state index contributed by atoms with van der Waals surface area (Å²) in [6.07, 6.45) is 1.86. The number of benzene rings is 1. The largest absolute Gasteiger partial charge is 3.00 e. The van der Waals surface area contributed by atoms with E-state index in [4.69, 9.17) is 0 Å². The quantitative estimate of drug-likeness (QED) is 0.478. The minimum absolute atomic E-state index is 0. The number of hydrogen-bond donors (Lipinski definition) is 0. The van der Waals surface area contributed by atoms with Crippen LogP contribution in [0.5, 0.6) is 0 Å². The molecule has 0 fully saturated rings. The molecule has 3 rings (SSSR count). The van der Waals surface area contributed by atoms with Crippen LogP contribution in [0.25, 0.3) is 22.0 Å². The molecule has 0 spiro atoms. The van der Waals surface area contributed by atoms with Crippen LogP contribution in [0.1, 0.15) is 11.1 Å². The summed E-state index contributed by atoms with van der Waals surface area (Å²) in [6.45, 7) is 4.29. The second kappa shape index (κ2) is 7.76. The molecule has 0 N–H and O–H groups in total. The van der Waals surface area contributed by atoms with E-state index in [1.165, 1.54) is 27.6 Å². The van der Waals surface area contributed by atoms with Crippen molar-refractivity contribution in [1.29, 1.82) is 0 Å². The van der Waals surface area contributed by atoms with Crippen LogP contribution in [0.2, 0.25) is 0 Å². The van der Waals surface area contributed by atoms with Crippen molar-refractivity contribution in [2.45, 2.75) is 13.8 Å². The molecular formula is C16H14Cl2CrN. The molecule has 1 nitrogen and oxygen atoms in total. The molecule has 0 aliphatic rings. The van der Waals surface area contributed by atoms with Crippen LogP contribution in [0.15, 0.2) is 48.7 Å². The standard InChI is InChI=1S/C16H14N.2ClH.Cr/c1-11-9-12(2)15(10-11)14-7-3-5-13-6-4-8-17-16(13)14;;;/h3-10H,1-2H3;2*1H;/q-1;;;+3/p-2. The minimum Gasteiger partial charge on any atom is -1.00 e. The molecule has 0 bridgehead atoms. The first-order valence-electron chi connectivity index (χ1n) is 5.84. The SMILES string of the molecule is Cc1cc(C)[c-](-c2cccc3cccnc23)c1.[Cl-].[Cl-].[Cr+3]. The summed E-state index contributed by atoms with van der Waals surface area (Å²) in [6, 6.07) is 14.9. The Bertz CT molecular complexity index is 687. The van der Waals surface area contributed by atoms with Crippen molar-refractivity contribution in [3.8, 4) is 11.1 Å². The Kier molecular flexibility index (Phi) is 7.41. The normalized spacial score (nSPS) is 9.30. The predicted molar refractivity (Wildman–Crippen MR) is 72.2 cm³/mol. The third kappa shape index (κ3) is 3.40. The van der Waals surface area contributed by atoms with E-state index in [2.05, 4.69) is 55.2 Å².